The minimum atomic E-state index is -3.29. The average molecular weight is 236 g/mol. The van der Waals surface area contributed by atoms with E-state index in [1.54, 1.807) is 12.1 Å². The highest BCUT2D eigenvalue weighted by Crippen LogP contribution is 2.53. The largest absolute Gasteiger partial charge is 0.312 e. The molecular weight excluding hydrogens is 224 g/mol. The Hall–Kier alpha value is -1.38. The van der Waals surface area contributed by atoms with Crippen LogP contribution in [-0.4, -0.2) is 25.5 Å². The van der Waals surface area contributed by atoms with Crippen molar-refractivity contribution >= 4 is 9.84 Å². The van der Waals surface area contributed by atoms with Gasteiger partial charge in [-0.25, -0.2) is 8.42 Å². The molecule has 4 nitrogen and oxygen atoms in total. The van der Waals surface area contributed by atoms with Gasteiger partial charge in [-0.3, -0.25) is 0 Å². The summed E-state index contributed by atoms with van der Waals surface area (Å²) in [5.41, 5.74) is 5.35. The summed E-state index contributed by atoms with van der Waals surface area (Å²) in [5, 5.41) is 8.21. The van der Waals surface area contributed by atoms with Gasteiger partial charge in [-0.1, -0.05) is 30.3 Å². The third kappa shape index (κ3) is 1.51. The predicted molar refractivity (Wildman–Crippen MR) is 60.3 cm³/mol. The monoisotopic (exact) mass is 236 g/mol. The summed E-state index contributed by atoms with van der Waals surface area (Å²) >= 11 is 0. The molecular formula is C11H12N2O2S. The molecule has 2 rings (SSSR count). The van der Waals surface area contributed by atoms with E-state index >= 15 is 0 Å². The number of nitriles is 1. The molecule has 2 N–H and O–H groups in total. The summed E-state index contributed by atoms with van der Waals surface area (Å²) in [5.74, 6) is -0.409. The fraction of sp³-hybridized carbons (Fsp3) is 0.364. The van der Waals surface area contributed by atoms with Crippen LogP contribution in [0, 0.1) is 11.3 Å². The van der Waals surface area contributed by atoms with Crippen LogP contribution in [0.25, 0.3) is 0 Å². The van der Waals surface area contributed by atoms with Crippen LogP contribution in [0.1, 0.15) is 11.5 Å². The molecule has 1 saturated carbocycles. The molecule has 0 amide bonds. The molecule has 1 fully saturated rings. The molecule has 84 valence electrons. The van der Waals surface area contributed by atoms with E-state index in [9.17, 15) is 8.42 Å². The van der Waals surface area contributed by atoms with Crippen molar-refractivity contribution in [2.45, 2.75) is 16.7 Å². The quantitative estimate of drug-likeness (QED) is 0.806. The highest BCUT2D eigenvalue weighted by Gasteiger charge is 2.69. The summed E-state index contributed by atoms with van der Waals surface area (Å²) in [7, 11) is -3.29. The Kier molecular flexibility index (Phi) is 2.30. The number of hydrogen-bond acceptors (Lipinski definition) is 4. The highest BCUT2D eigenvalue weighted by molar-refractivity contribution is 7.91. The zero-order valence-electron chi connectivity index (χ0n) is 8.79. The molecule has 1 aliphatic carbocycles. The fourth-order valence-electron chi connectivity index (χ4n) is 2.22. The van der Waals surface area contributed by atoms with Crippen LogP contribution in [0.3, 0.4) is 0 Å². The number of nitrogens with zero attached hydrogens (tertiary/aromatic N) is 1. The zero-order chi connectivity index (χ0) is 12.0. The Labute approximate surface area is 94.6 Å². The molecule has 1 aromatic carbocycles. The lowest BCUT2D eigenvalue weighted by atomic mass is 10.1. The van der Waals surface area contributed by atoms with E-state index in [4.69, 9.17) is 11.0 Å². The van der Waals surface area contributed by atoms with Gasteiger partial charge in [0, 0.05) is 12.2 Å². The van der Waals surface area contributed by atoms with Gasteiger partial charge in [0.25, 0.3) is 0 Å². The van der Waals surface area contributed by atoms with Gasteiger partial charge in [-0.2, -0.15) is 5.26 Å². The summed E-state index contributed by atoms with van der Waals surface area (Å²) in [6.45, 7) is 0. The van der Waals surface area contributed by atoms with Gasteiger partial charge < -0.3 is 5.73 Å². The van der Waals surface area contributed by atoms with E-state index in [1.165, 1.54) is 0 Å². The maximum atomic E-state index is 11.5. The maximum absolute atomic E-state index is 11.5. The molecule has 1 aliphatic rings. The molecule has 0 radical (unpaired) electrons. The topological polar surface area (TPSA) is 83.9 Å². The lowest BCUT2D eigenvalue weighted by Gasteiger charge is -1.99. The maximum Gasteiger partial charge on any atom is 0.153 e. The SMILES string of the molecule is CS(=O)(=O)[C@@H]1[C@H](c2ccccc2)[C@@]1(N)C#N. The third-order valence-corrected chi connectivity index (χ3v) is 4.58. The normalized spacial score (nSPS) is 33.1. The van der Waals surface area contributed by atoms with Crippen molar-refractivity contribution < 1.29 is 8.42 Å². The minimum Gasteiger partial charge on any atom is -0.312 e. The predicted octanol–water partition coefficient (Wildman–Crippen LogP) is 0.418. The van der Waals surface area contributed by atoms with Gasteiger partial charge >= 0.3 is 0 Å². The second kappa shape index (κ2) is 3.30. The van der Waals surface area contributed by atoms with Crippen molar-refractivity contribution in [2.24, 2.45) is 5.73 Å². The van der Waals surface area contributed by atoms with Gasteiger partial charge in [-0.05, 0) is 5.56 Å². The van der Waals surface area contributed by atoms with Crippen LogP contribution in [0.15, 0.2) is 30.3 Å². The third-order valence-electron chi connectivity index (χ3n) is 2.99. The molecule has 0 aromatic heterocycles. The molecule has 3 atom stereocenters. The van der Waals surface area contributed by atoms with Crippen molar-refractivity contribution in [1.29, 1.82) is 5.26 Å². The van der Waals surface area contributed by atoms with Crippen LogP contribution < -0.4 is 5.73 Å². The molecule has 0 aliphatic heterocycles. The number of hydrogen-bond donors (Lipinski definition) is 1. The van der Waals surface area contributed by atoms with E-state index in [-0.39, 0.29) is 0 Å². The van der Waals surface area contributed by atoms with Gasteiger partial charge in [0.05, 0.1) is 6.07 Å². The second-order valence-corrected chi connectivity index (χ2v) is 6.35. The first-order chi connectivity index (χ1) is 7.41. The number of sulfone groups is 1. The fourth-order valence-corrected chi connectivity index (χ4v) is 3.93. The van der Waals surface area contributed by atoms with Crippen LogP contribution in [0.2, 0.25) is 0 Å². The Morgan fingerprint density at radius 1 is 1.38 bits per heavy atom. The highest BCUT2D eigenvalue weighted by atomic mass is 32.2. The number of benzene rings is 1. The lowest BCUT2D eigenvalue weighted by molar-refractivity contribution is 0.597. The van der Waals surface area contributed by atoms with E-state index in [1.807, 2.05) is 24.3 Å². The van der Waals surface area contributed by atoms with E-state index in [0.29, 0.717) is 0 Å². The first kappa shape index (κ1) is 11.1. The summed E-state index contributed by atoms with van der Waals surface area (Å²) in [4.78, 5) is 0. The van der Waals surface area contributed by atoms with Crippen molar-refractivity contribution in [3.05, 3.63) is 35.9 Å². The van der Waals surface area contributed by atoms with Crippen LogP contribution in [0.4, 0.5) is 0 Å². The van der Waals surface area contributed by atoms with Gasteiger partial charge in [-0.15, -0.1) is 0 Å². The summed E-state index contributed by atoms with van der Waals surface area (Å²) < 4.78 is 23.0. The molecule has 0 spiro atoms. The number of nitrogens with two attached hydrogens (primary N) is 1. The molecule has 16 heavy (non-hydrogen) atoms. The molecule has 0 unspecified atom stereocenters. The van der Waals surface area contributed by atoms with Gasteiger partial charge in [0.2, 0.25) is 0 Å². The van der Waals surface area contributed by atoms with E-state index < -0.39 is 26.5 Å². The van der Waals surface area contributed by atoms with Gasteiger partial charge in [0.15, 0.2) is 9.84 Å². The smallest absolute Gasteiger partial charge is 0.153 e. The first-order valence-electron chi connectivity index (χ1n) is 4.85. The molecule has 0 heterocycles. The zero-order valence-corrected chi connectivity index (χ0v) is 9.61. The summed E-state index contributed by atoms with van der Waals surface area (Å²) in [6.07, 6.45) is 1.12. The molecule has 0 bridgehead atoms. The van der Waals surface area contributed by atoms with Crippen LogP contribution in [0.5, 0.6) is 0 Å². The lowest BCUT2D eigenvalue weighted by Crippen LogP contribution is -2.28. The first-order valence-corrected chi connectivity index (χ1v) is 6.80. The number of rotatable bonds is 2. The molecule has 5 heteroatoms. The van der Waals surface area contributed by atoms with Crippen molar-refractivity contribution in [1.82, 2.24) is 0 Å². The van der Waals surface area contributed by atoms with Gasteiger partial charge in [0.1, 0.15) is 10.8 Å². The Morgan fingerprint density at radius 2 is 1.94 bits per heavy atom. The standard InChI is InChI=1S/C11H12N2O2S/c1-16(14,15)10-9(11(10,13)7-12)8-5-3-2-4-6-8/h2-6,9-10H,13H2,1H3/t9-,10+,11-/m0/s1. The van der Waals surface area contributed by atoms with Crippen molar-refractivity contribution in [2.75, 3.05) is 6.26 Å². The minimum absolute atomic E-state index is 0.409. The second-order valence-electron chi connectivity index (χ2n) is 4.18. The molecule has 0 saturated heterocycles. The van der Waals surface area contributed by atoms with E-state index in [0.717, 1.165) is 11.8 Å². The van der Waals surface area contributed by atoms with Crippen molar-refractivity contribution in [3.8, 4) is 6.07 Å². The Balaban J connectivity index is 2.43. The van der Waals surface area contributed by atoms with Crippen LogP contribution >= 0.6 is 0 Å². The van der Waals surface area contributed by atoms with Crippen LogP contribution in [-0.2, 0) is 9.84 Å². The average Bonchev–Trinajstić information content (AvgIpc) is 2.87. The molecule has 1 aromatic rings. The van der Waals surface area contributed by atoms with Crippen molar-refractivity contribution in [3.63, 3.8) is 0 Å². The van der Waals surface area contributed by atoms with E-state index in [2.05, 4.69) is 0 Å². The Bertz CT molecular complexity index is 547. The summed E-state index contributed by atoms with van der Waals surface area (Å²) in [6, 6.07) is 11.0. The Morgan fingerprint density at radius 3 is 2.31 bits per heavy atom.